The third-order valence-corrected chi connectivity index (χ3v) is 4.99. The number of fused-ring (bicyclic) bond motifs is 1. The maximum atomic E-state index is 11.5. The monoisotopic (exact) mass is 399 g/mol. The molecule has 1 heterocycles. The number of ether oxygens (including phenoxy) is 1. The van der Waals surface area contributed by atoms with Crippen molar-refractivity contribution in [3.8, 4) is 5.75 Å². The van der Waals surface area contributed by atoms with Crippen molar-refractivity contribution in [1.82, 2.24) is 5.32 Å². The van der Waals surface area contributed by atoms with Gasteiger partial charge in [0.05, 0.1) is 17.0 Å². The minimum Gasteiger partial charge on any atom is -0.484 e. The number of carbonyl (C=O) groups excluding carboxylic acids is 1. The molecule has 29 heavy (non-hydrogen) atoms. The van der Waals surface area contributed by atoms with E-state index in [9.17, 15) is 20.0 Å². The third kappa shape index (κ3) is 4.55. The Labute approximate surface area is 169 Å². The summed E-state index contributed by atoms with van der Waals surface area (Å²) in [6, 6.07) is 12.2. The largest absolute Gasteiger partial charge is 0.484 e. The highest BCUT2D eigenvalue weighted by Gasteiger charge is 2.43. The van der Waals surface area contributed by atoms with E-state index in [1.165, 1.54) is 19.1 Å². The number of nitro benzene ring substituents is 1. The Hall–Kier alpha value is -2.97. The van der Waals surface area contributed by atoms with Crippen molar-refractivity contribution in [2.24, 2.45) is 0 Å². The highest BCUT2D eigenvalue weighted by Crippen LogP contribution is 2.44. The lowest BCUT2D eigenvalue weighted by molar-refractivity contribution is -0.384. The number of hydrogen-bond acceptors (Lipinski definition) is 6. The third-order valence-electron chi connectivity index (χ3n) is 4.99. The summed E-state index contributed by atoms with van der Waals surface area (Å²) in [6.07, 6.45) is -0.135. The van der Waals surface area contributed by atoms with Gasteiger partial charge in [-0.1, -0.05) is 30.3 Å². The Balaban J connectivity index is 1.93. The summed E-state index contributed by atoms with van der Waals surface area (Å²) in [7, 11) is 0. The molecule has 8 nitrogen and oxygen atoms in total. The Kier molecular flexibility index (Phi) is 5.86. The van der Waals surface area contributed by atoms with Crippen LogP contribution in [0.3, 0.4) is 0 Å². The van der Waals surface area contributed by atoms with Gasteiger partial charge in [-0.3, -0.25) is 14.9 Å². The van der Waals surface area contributed by atoms with E-state index >= 15 is 0 Å². The Morgan fingerprint density at radius 2 is 1.97 bits per heavy atom. The molecule has 0 bridgehead atoms. The Morgan fingerprint density at radius 1 is 1.28 bits per heavy atom. The summed E-state index contributed by atoms with van der Waals surface area (Å²) in [5.41, 5.74) is 0.601. The average Bonchev–Trinajstić information content (AvgIpc) is 2.65. The van der Waals surface area contributed by atoms with E-state index in [1.807, 2.05) is 30.3 Å². The molecule has 154 valence electrons. The molecule has 0 aromatic heterocycles. The maximum absolute atomic E-state index is 11.5. The SMILES string of the molecule is CC(=O)Nc1cc2c(cc1[N+](=O)[O-])OC(C)(C)[C@@H](O)[C@@H]2NCCc1ccccc1. The van der Waals surface area contributed by atoms with Crippen LogP contribution < -0.4 is 15.4 Å². The van der Waals surface area contributed by atoms with E-state index < -0.39 is 28.6 Å². The molecular weight excluding hydrogens is 374 g/mol. The lowest BCUT2D eigenvalue weighted by atomic mass is 9.86. The maximum Gasteiger partial charge on any atom is 0.296 e. The van der Waals surface area contributed by atoms with E-state index in [-0.39, 0.29) is 11.4 Å². The number of anilines is 1. The summed E-state index contributed by atoms with van der Waals surface area (Å²) in [4.78, 5) is 22.4. The Morgan fingerprint density at radius 3 is 2.59 bits per heavy atom. The molecule has 3 N–H and O–H groups in total. The van der Waals surface area contributed by atoms with Crippen LogP contribution in [0.2, 0.25) is 0 Å². The summed E-state index contributed by atoms with van der Waals surface area (Å²) in [6.45, 7) is 5.35. The normalized spacial score (nSPS) is 19.7. The molecule has 1 aliphatic heterocycles. The van der Waals surface area contributed by atoms with Crippen molar-refractivity contribution in [2.45, 2.75) is 44.9 Å². The van der Waals surface area contributed by atoms with Crippen molar-refractivity contribution in [3.63, 3.8) is 0 Å². The first kappa shape index (κ1) is 20.8. The van der Waals surface area contributed by atoms with Crippen LogP contribution in [0.1, 0.15) is 37.9 Å². The predicted molar refractivity (Wildman–Crippen MR) is 109 cm³/mol. The highest BCUT2D eigenvalue weighted by atomic mass is 16.6. The van der Waals surface area contributed by atoms with Gasteiger partial charge in [0.15, 0.2) is 0 Å². The van der Waals surface area contributed by atoms with Gasteiger partial charge in [-0.05, 0) is 38.4 Å². The average molecular weight is 399 g/mol. The Bertz CT molecular complexity index is 914. The first-order valence-electron chi connectivity index (χ1n) is 9.43. The van der Waals surface area contributed by atoms with Gasteiger partial charge in [0.25, 0.3) is 5.69 Å². The second-order valence-corrected chi connectivity index (χ2v) is 7.66. The number of aliphatic hydroxyl groups is 1. The summed E-state index contributed by atoms with van der Waals surface area (Å²) in [5.74, 6) is -0.0995. The van der Waals surface area contributed by atoms with Crippen molar-refractivity contribution in [2.75, 3.05) is 11.9 Å². The number of nitrogens with zero attached hydrogens (tertiary/aromatic N) is 1. The second kappa shape index (κ2) is 8.18. The van der Waals surface area contributed by atoms with Crippen LogP contribution in [0.5, 0.6) is 5.75 Å². The molecule has 0 unspecified atom stereocenters. The zero-order valence-corrected chi connectivity index (χ0v) is 16.6. The van der Waals surface area contributed by atoms with Gasteiger partial charge in [-0.2, -0.15) is 0 Å². The zero-order chi connectivity index (χ0) is 21.2. The van der Waals surface area contributed by atoms with Crippen LogP contribution in [-0.4, -0.2) is 34.2 Å². The van der Waals surface area contributed by atoms with Crippen molar-refractivity contribution >= 4 is 17.3 Å². The predicted octanol–water partition coefficient (Wildman–Crippen LogP) is 2.96. The van der Waals surface area contributed by atoms with Gasteiger partial charge in [0.2, 0.25) is 5.91 Å². The van der Waals surface area contributed by atoms with E-state index in [0.717, 1.165) is 12.0 Å². The first-order valence-corrected chi connectivity index (χ1v) is 9.43. The van der Waals surface area contributed by atoms with Gasteiger partial charge in [0.1, 0.15) is 23.1 Å². The zero-order valence-electron chi connectivity index (χ0n) is 16.6. The fraction of sp³-hybridized carbons (Fsp3) is 0.381. The molecule has 1 aliphatic rings. The first-order chi connectivity index (χ1) is 13.7. The second-order valence-electron chi connectivity index (χ2n) is 7.66. The van der Waals surface area contributed by atoms with E-state index in [4.69, 9.17) is 4.74 Å². The smallest absolute Gasteiger partial charge is 0.296 e. The summed E-state index contributed by atoms with van der Waals surface area (Å²) >= 11 is 0. The molecule has 8 heteroatoms. The van der Waals surface area contributed by atoms with E-state index in [2.05, 4.69) is 10.6 Å². The molecule has 2 aromatic carbocycles. The number of benzene rings is 2. The number of nitro groups is 1. The quantitative estimate of drug-likeness (QED) is 0.508. The standard InChI is InChI=1S/C21H25N3O5/c1-13(25)23-16-11-15-18(12-17(16)24(27)28)29-21(2,3)20(26)19(15)22-10-9-14-7-5-4-6-8-14/h4-8,11-12,19-20,22,26H,9-10H2,1-3H3,(H,23,25)/t19-,20+/m1/s1. The van der Waals surface area contributed by atoms with Crippen LogP contribution in [0.4, 0.5) is 11.4 Å². The summed E-state index contributed by atoms with van der Waals surface area (Å²) < 4.78 is 5.87. The molecular formula is C21H25N3O5. The number of rotatable bonds is 6. The van der Waals surface area contributed by atoms with E-state index in [1.54, 1.807) is 13.8 Å². The van der Waals surface area contributed by atoms with Crippen LogP contribution in [0, 0.1) is 10.1 Å². The fourth-order valence-corrected chi connectivity index (χ4v) is 3.51. The van der Waals surface area contributed by atoms with Gasteiger partial charge in [-0.25, -0.2) is 0 Å². The molecule has 0 fully saturated rings. The van der Waals surface area contributed by atoms with Gasteiger partial charge in [-0.15, -0.1) is 0 Å². The molecule has 2 atom stereocenters. The molecule has 2 aromatic rings. The van der Waals surface area contributed by atoms with E-state index in [0.29, 0.717) is 17.9 Å². The van der Waals surface area contributed by atoms with Crippen molar-refractivity contribution in [3.05, 3.63) is 63.7 Å². The van der Waals surface area contributed by atoms with Crippen LogP contribution in [0.15, 0.2) is 42.5 Å². The molecule has 0 saturated heterocycles. The molecule has 0 spiro atoms. The molecule has 0 radical (unpaired) electrons. The van der Waals surface area contributed by atoms with Gasteiger partial charge < -0.3 is 20.5 Å². The topological polar surface area (TPSA) is 114 Å². The molecule has 3 rings (SSSR count). The van der Waals surface area contributed by atoms with Crippen LogP contribution >= 0.6 is 0 Å². The number of nitrogens with one attached hydrogen (secondary N) is 2. The molecule has 0 aliphatic carbocycles. The number of carbonyl (C=O) groups is 1. The molecule has 0 saturated carbocycles. The number of hydrogen-bond donors (Lipinski definition) is 3. The van der Waals surface area contributed by atoms with Crippen molar-refractivity contribution in [1.29, 1.82) is 0 Å². The molecule has 1 amide bonds. The number of amides is 1. The van der Waals surface area contributed by atoms with Crippen molar-refractivity contribution < 1.29 is 19.6 Å². The minimum absolute atomic E-state index is 0.0756. The van der Waals surface area contributed by atoms with Gasteiger partial charge in [0, 0.05) is 12.5 Å². The fourth-order valence-electron chi connectivity index (χ4n) is 3.51. The van der Waals surface area contributed by atoms with Crippen LogP contribution in [0.25, 0.3) is 0 Å². The lowest BCUT2D eigenvalue weighted by Gasteiger charge is -2.42. The summed E-state index contributed by atoms with van der Waals surface area (Å²) in [5, 5.41) is 28.2. The highest BCUT2D eigenvalue weighted by molar-refractivity contribution is 5.91. The van der Waals surface area contributed by atoms with Crippen LogP contribution in [-0.2, 0) is 11.2 Å². The minimum atomic E-state index is -0.944. The van der Waals surface area contributed by atoms with Gasteiger partial charge >= 0.3 is 0 Å². The number of aliphatic hydroxyl groups excluding tert-OH is 1. The lowest BCUT2D eigenvalue weighted by Crippen LogP contribution is -2.52.